The van der Waals surface area contributed by atoms with Gasteiger partial charge in [-0.1, -0.05) is 6.92 Å². The van der Waals surface area contributed by atoms with Crippen LogP contribution in [0.15, 0.2) is 0 Å². The Bertz CT molecular complexity index is 296. The molecule has 4 aliphatic rings. The lowest BCUT2D eigenvalue weighted by Gasteiger charge is -2.37. The molecule has 1 saturated heterocycles. The molecule has 0 aromatic rings. The number of rotatable bonds is 0. The number of ether oxygens (including phenoxy) is 2. The van der Waals surface area contributed by atoms with Gasteiger partial charge in [0.1, 0.15) is 0 Å². The molecular weight excluding hydrogens is 188 g/mol. The minimum absolute atomic E-state index is 0.149. The quantitative estimate of drug-likeness (QED) is 0.609. The smallest absolute Gasteiger partial charge is 0.168 e. The highest BCUT2D eigenvalue weighted by Crippen LogP contribution is 2.84. The Hall–Kier alpha value is -0.0800. The van der Waals surface area contributed by atoms with E-state index in [1.807, 2.05) is 0 Å². The largest absolute Gasteiger partial charge is 0.348 e. The Morgan fingerprint density at radius 3 is 2.00 bits per heavy atom. The summed E-state index contributed by atoms with van der Waals surface area (Å²) in [5.74, 6) is 0.910. The van der Waals surface area contributed by atoms with Crippen molar-refractivity contribution < 1.29 is 9.47 Å². The van der Waals surface area contributed by atoms with Gasteiger partial charge in [-0.3, -0.25) is 0 Å². The highest BCUT2D eigenvalue weighted by atomic mass is 16.7. The van der Waals surface area contributed by atoms with Crippen molar-refractivity contribution in [2.75, 3.05) is 13.2 Å². The zero-order valence-electron chi connectivity index (χ0n) is 9.55. The zero-order chi connectivity index (χ0) is 10.1. The van der Waals surface area contributed by atoms with Crippen molar-refractivity contribution in [2.24, 2.45) is 16.7 Å². The molecule has 0 radical (unpaired) electrons. The molecule has 4 fully saturated rings. The summed E-state index contributed by atoms with van der Waals surface area (Å²) in [5, 5.41) is 0. The second-order valence-electron chi connectivity index (χ2n) is 6.27. The van der Waals surface area contributed by atoms with Gasteiger partial charge in [-0.25, -0.2) is 0 Å². The third-order valence-corrected chi connectivity index (χ3v) is 6.16. The minimum atomic E-state index is -0.149. The number of fused-ring (bicyclic) bond motifs is 3. The summed E-state index contributed by atoms with van der Waals surface area (Å²) in [4.78, 5) is 0. The van der Waals surface area contributed by atoms with E-state index in [0.29, 0.717) is 5.41 Å². The van der Waals surface area contributed by atoms with Crippen molar-refractivity contribution in [3.63, 3.8) is 0 Å². The van der Waals surface area contributed by atoms with Crippen molar-refractivity contribution in [3.8, 4) is 0 Å². The average molecular weight is 208 g/mol. The molecule has 2 nitrogen and oxygen atoms in total. The molecule has 2 spiro atoms. The molecule has 2 heteroatoms. The van der Waals surface area contributed by atoms with E-state index in [2.05, 4.69) is 6.92 Å². The fraction of sp³-hybridized carbons (Fsp3) is 1.00. The monoisotopic (exact) mass is 208 g/mol. The van der Waals surface area contributed by atoms with Crippen LogP contribution < -0.4 is 0 Å². The number of hydrogen-bond donors (Lipinski definition) is 0. The number of hydrogen-bond acceptors (Lipinski definition) is 2. The summed E-state index contributed by atoms with van der Waals surface area (Å²) in [6.07, 6.45) is 7.98. The maximum atomic E-state index is 5.80. The first kappa shape index (κ1) is 9.00. The summed E-state index contributed by atoms with van der Waals surface area (Å²) in [6.45, 7) is 4.14. The van der Waals surface area contributed by atoms with E-state index in [4.69, 9.17) is 9.47 Å². The van der Waals surface area contributed by atoms with E-state index in [-0.39, 0.29) is 5.79 Å². The van der Waals surface area contributed by atoms with E-state index >= 15 is 0 Å². The molecule has 2 unspecified atom stereocenters. The van der Waals surface area contributed by atoms with Gasteiger partial charge in [0.05, 0.1) is 13.2 Å². The molecule has 1 aliphatic heterocycles. The van der Waals surface area contributed by atoms with Crippen LogP contribution in [-0.2, 0) is 9.47 Å². The van der Waals surface area contributed by atoms with Gasteiger partial charge in [0, 0.05) is 12.8 Å². The molecule has 15 heavy (non-hydrogen) atoms. The first-order valence-corrected chi connectivity index (χ1v) is 6.49. The van der Waals surface area contributed by atoms with Crippen LogP contribution in [0.25, 0.3) is 0 Å². The fourth-order valence-corrected chi connectivity index (χ4v) is 4.98. The Morgan fingerprint density at radius 2 is 1.53 bits per heavy atom. The van der Waals surface area contributed by atoms with Crippen LogP contribution in [0, 0.1) is 16.7 Å². The third-order valence-electron chi connectivity index (χ3n) is 6.16. The molecule has 3 aliphatic carbocycles. The fourth-order valence-electron chi connectivity index (χ4n) is 4.98. The Kier molecular flexibility index (Phi) is 1.46. The predicted octanol–water partition coefficient (Wildman–Crippen LogP) is 2.72. The van der Waals surface area contributed by atoms with Gasteiger partial charge in [0.2, 0.25) is 0 Å². The van der Waals surface area contributed by atoms with Crippen molar-refractivity contribution in [1.29, 1.82) is 0 Å². The first-order valence-electron chi connectivity index (χ1n) is 6.49. The molecule has 2 atom stereocenters. The van der Waals surface area contributed by atoms with Gasteiger partial charge >= 0.3 is 0 Å². The maximum absolute atomic E-state index is 5.80. The van der Waals surface area contributed by atoms with Gasteiger partial charge in [-0.2, -0.15) is 0 Å². The molecule has 3 saturated carbocycles. The van der Waals surface area contributed by atoms with E-state index in [1.165, 1.54) is 25.7 Å². The van der Waals surface area contributed by atoms with Crippen molar-refractivity contribution >= 4 is 0 Å². The SMILES string of the molecule is CC12CCC1C21CCC2(CC1)OCCO2. The van der Waals surface area contributed by atoms with Crippen molar-refractivity contribution in [1.82, 2.24) is 0 Å². The molecule has 0 N–H and O–H groups in total. The van der Waals surface area contributed by atoms with Crippen LogP contribution in [0.2, 0.25) is 0 Å². The highest BCUT2D eigenvalue weighted by Gasteiger charge is 2.78. The minimum Gasteiger partial charge on any atom is -0.348 e. The summed E-state index contributed by atoms with van der Waals surface area (Å²) < 4.78 is 11.6. The van der Waals surface area contributed by atoms with Crippen molar-refractivity contribution in [3.05, 3.63) is 0 Å². The predicted molar refractivity (Wildman–Crippen MR) is 56.4 cm³/mol. The second kappa shape index (κ2) is 2.43. The van der Waals surface area contributed by atoms with E-state index in [1.54, 1.807) is 0 Å². The lowest BCUT2D eigenvalue weighted by molar-refractivity contribution is -0.186. The average Bonchev–Trinajstić information content (AvgIpc) is 2.64. The van der Waals surface area contributed by atoms with Gasteiger partial charge in [-0.15, -0.1) is 0 Å². The molecular formula is C13H20O2. The van der Waals surface area contributed by atoms with Crippen LogP contribution in [0.4, 0.5) is 0 Å². The lowest BCUT2D eigenvalue weighted by Crippen LogP contribution is -2.36. The second-order valence-corrected chi connectivity index (χ2v) is 6.27. The molecule has 0 bridgehead atoms. The summed E-state index contributed by atoms with van der Waals surface area (Å²) in [6, 6.07) is 0. The Morgan fingerprint density at radius 1 is 0.933 bits per heavy atom. The van der Waals surface area contributed by atoms with Crippen LogP contribution in [0.1, 0.15) is 45.4 Å². The van der Waals surface area contributed by atoms with E-state index in [9.17, 15) is 0 Å². The normalized spacial score (nSPS) is 49.0. The topological polar surface area (TPSA) is 18.5 Å². The van der Waals surface area contributed by atoms with Gasteiger partial charge < -0.3 is 9.47 Å². The molecule has 0 aromatic heterocycles. The Balaban J connectivity index is 1.52. The van der Waals surface area contributed by atoms with Crippen LogP contribution >= 0.6 is 0 Å². The molecule has 84 valence electrons. The van der Waals surface area contributed by atoms with Crippen LogP contribution in [-0.4, -0.2) is 19.0 Å². The van der Waals surface area contributed by atoms with Crippen LogP contribution in [0.3, 0.4) is 0 Å². The lowest BCUT2D eigenvalue weighted by atomic mass is 9.77. The first-order chi connectivity index (χ1) is 7.21. The van der Waals surface area contributed by atoms with Gasteiger partial charge in [-0.05, 0) is 42.4 Å². The maximum Gasteiger partial charge on any atom is 0.168 e. The standard InChI is InChI=1S/C13H20O2/c1-11-3-2-10(11)12(11)4-6-13(7-5-12)14-8-9-15-13/h10H,2-9H2,1H3. The van der Waals surface area contributed by atoms with E-state index in [0.717, 1.165) is 37.4 Å². The molecule has 0 aromatic carbocycles. The highest BCUT2D eigenvalue weighted by molar-refractivity contribution is 5.26. The van der Waals surface area contributed by atoms with Gasteiger partial charge in [0.15, 0.2) is 5.79 Å². The Labute approximate surface area is 91.3 Å². The summed E-state index contributed by atoms with van der Waals surface area (Å²) >= 11 is 0. The molecule has 1 heterocycles. The zero-order valence-corrected chi connectivity index (χ0v) is 9.55. The molecule has 0 amide bonds. The van der Waals surface area contributed by atoms with Crippen molar-refractivity contribution in [2.45, 2.75) is 51.2 Å². The van der Waals surface area contributed by atoms with E-state index < -0.39 is 0 Å². The van der Waals surface area contributed by atoms with Gasteiger partial charge in [0.25, 0.3) is 0 Å². The summed E-state index contributed by atoms with van der Waals surface area (Å²) in [5.41, 5.74) is 1.45. The van der Waals surface area contributed by atoms with Crippen LogP contribution in [0.5, 0.6) is 0 Å². The third kappa shape index (κ3) is 0.861. The summed E-state index contributed by atoms with van der Waals surface area (Å²) in [7, 11) is 0. The molecule has 4 rings (SSSR count).